The topological polar surface area (TPSA) is 282 Å². The average molecular weight is 1030 g/mol. The monoisotopic (exact) mass is 1030 g/mol. The zero-order valence-corrected chi connectivity index (χ0v) is 42.5. The van der Waals surface area contributed by atoms with Crippen LogP contribution in [0.25, 0.3) is 0 Å². The minimum Gasteiger partial charge on any atom is -0.355 e. The van der Waals surface area contributed by atoms with E-state index in [1.807, 2.05) is 7.05 Å². The summed E-state index contributed by atoms with van der Waals surface area (Å²) in [4.78, 5) is 92.2. The van der Waals surface area contributed by atoms with Gasteiger partial charge in [-0.2, -0.15) is 0 Å². The summed E-state index contributed by atoms with van der Waals surface area (Å²) in [6.45, 7) is 2.11. The maximum atomic E-state index is 13.5. The number of sulfone groups is 1. The predicted octanol–water partition coefficient (Wildman–Crippen LogP) is -1.20. The summed E-state index contributed by atoms with van der Waals surface area (Å²) in [5, 5.41) is 21.4. The minimum absolute atomic E-state index is 0.00632. The molecule has 69 heavy (non-hydrogen) atoms. The Morgan fingerprint density at radius 1 is 0.826 bits per heavy atom. The molecule has 0 bridgehead atoms. The Kier molecular flexibility index (Phi) is 18.6. The van der Waals surface area contributed by atoms with Crippen molar-refractivity contribution in [2.75, 3.05) is 76.4 Å². The molecule has 0 spiro atoms. The van der Waals surface area contributed by atoms with E-state index in [1.54, 1.807) is 11.8 Å². The Hall–Kier alpha value is -3.26. The molecular formula is C45H74N10O11S3. The number of carbonyl (C=O) groups is 7. The van der Waals surface area contributed by atoms with E-state index in [1.165, 1.54) is 10.7 Å². The number of piperidine rings is 2. The van der Waals surface area contributed by atoms with Gasteiger partial charge in [-0.25, -0.2) is 21.1 Å². The van der Waals surface area contributed by atoms with Gasteiger partial charge < -0.3 is 26.6 Å². The van der Waals surface area contributed by atoms with Crippen LogP contribution in [0.4, 0.5) is 0 Å². The van der Waals surface area contributed by atoms with Crippen molar-refractivity contribution in [1.82, 2.24) is 51.3 Å². The molecule has 5 aliphatic heterocycles. The summed E-state index contributed by atoms with van der Waals surface area (Å²) < 4.78 is 50.7. The van der Waals surface area contributed by atoms with Crippen LogP contribution >= 0.6 is 11.8 Å². The van der Waals surface area contributed by atoms with E-state index in [0.29, 0.717) is 75.9 Å². The van der Waals surface area contributed by atoms with Crippen LogP contribution in [0, 0.1) is 35.5 Å². The van der Waals surface area contributed by atoms with Gasteiger partial charge in [0.1, 0.15) is 21.4 Å². The van der Waals surface area contributed by atoms with Crippen molar-refractivity contribution < 1.29 is 50.4 Å². The molecule has 5 heterocycles. The fourth-order valence-electron chi connectivity index (χ4n) is 11.8. The Balaban J connectivity index is 0.739. The molecule has 11 unspecified atom stereocenters. The number of imide groups is 2. The first-order valence-corrected chi connectivity index (χ1v) is 29.8. The van der Waals surface area contributed by atoms with Crippen LogP contribution in [0.5, 0.6) is 0 Å². The Morgan fingerprint density at radius 3 is 2.35 bits per heavy atom. The lowest BCUT2D eigenvalue weighted by Crippen LogP contribution is -2.55. The third-order valence-corrected chi connectivity index (χ3v) is 19.8. The van der Waals surface area contributed by atoms with E-state index in [2.05, 4.69) is 42.1 Å². The minimum atomic E-state index is -3.35. The zero-order valence-electron chi connectivity index (χ0n) is 40.1. The second-order valence-corrected chi connectivity index (χ2v) is 25.9. The quantitative estimate of drug-likeness (QED) is 0.0526. The number of unbranched alkanes of at least 4 members (excludes halogenated alkanes) is 1. The van der Waals surface area contributed by atoms with Crippen molar-refractivity contribution in [1.29, 1.82) is 0 Å². The van der Waals surface area contributed by atoms with Crippen LogP contribution in [0.15, 0.2) is 0 Å². The van der Waals surface area contributed by atoms with Gasteiger partial charge in [0.15, 0.2) is 0 Å². The van der Waals surface area contributed by atoms with Gasteiger partial charge in [0.05, 0.1) is 54.8 Å². The molecule has 2 aliphatic carbocycles. The van der Waals surface area contributed by atoms with E-state index >= 15 is 0 Å². The number of hydrogen-bond acceptors (Lipinski definition) is 16. The highest BCUT2D eigenvalue weighted by atomic mass is 32.2. The van der Waals surface area contributed by atoms with Crippen LogP contribution in [-0.4, -0.2) is 178 Å². The molecule has 5 saturated heterocycles. The third-order valence-electron chi connectivity index (χ3n) is 15.6. The number of thioether (sulfide) groups is 1. The second-order valence-electron chi connectivity index (χ2n) is 20.4. The van der Waals surface area contributed by atoms with Crippen molar-refractivity contribution in [3.8, 4) is 0 Å². The lowest BCUT2D eigenvalue weighted by Gasteiger charge is -2.42. The van der Waals surface area contributed by atoms with Gasteiger partial charge in [-0.05, 0) is 109 Å². The van der Waals surface area contributed by atoms with Crippen molar-refractivity contribution in [3.05, 3.63) is 0 Å². The lowest BCUT2D eigenvalue weighted by atomic mass is 9.70. The van der Waals surface area contributed by atoms with Crippen molar-refractivity contribution in [3.63, 3.8) is 0 Å². The van der Waals surface area contributed by atoms with Gasteiger partial charge in [-0.3, -0.25) is 54.0 Å². The van der Waals surface area contributed by atoms with E-state index in [0.717, 1.165) is 62.0 Å². The maximum absolute atomic E-state index is 13.5. The van der Waals surface area contributed by atoms with E-state index in [-0.39, 0.29) is 91.4 Å². The molecule has 0 aromatic carbocycles. The Morgan fingerprint density at radius 2 is 1.58 bits per heavy atom. The van der Waals surface area contributed by atoms with Crippen molar-refractivity contribution in [2.24, 2.45) is 35.5 Å². The predicted molar refractivity (Wildman–Crippen MR) is 258 cm³/mol. The highest BCUT2D eigenvalue weighted by Crippen LogP contribution is 2.42. The molecule has 7 N–H and O–H groups in total. The number of sulfonamides is 1. The SMILES string of the molecule is CN(CC(=O)NCCCCS(=O)(=O)CCCNC1CCCC2C(=O)N(C3CCC(=O)NC3=O)C(=O)C12)C1CC(C2CCCC(C3CSC(NC(=O)CNC(=O)C4CCN(S(C)(=O)=O)C4)N3)C2)CCN1. The normalized spacial score (nSPS) is 32.5. The summed E-state index contributed by atoms with van der Waals surface area (Å²) in [7, 11) is -4.74. The van der Waals surface area contributed by atoms with E-state index in [9.17, 15) is 50.4 Å². The number of nitrogens with one attached hydrogen (secondary N) is 7. The van der Waals surface area contributed by atoms with Crippen LogP contribution in [-0.2, 0) is 53.4 Å². The molecule has 7 rings (SSSR count). The van der Waals surface area contributed by atoms with Crippen molar-refractivity contribution in [2.45, 2.75) is 126 Å². The largest absolute Gasteiger partial charge is 0.355 e. The second kappa shape index (κ2) is 24.0. The molecule has 0 radical (unpaired) electrons. The van der Waals surface area contributed by atoms with E-state index in [4.69, 9.17) is 0 Å². The molecule has 0 aromatic rings. The summed E-state index contributed by atoms with van der Waals surface area (Å²) in [5.41, 5.74) is -0.245. The number of amides is 7. The third kappa shape index (κ3) is 14.2. The molecule has 7 aliphatic rings. The van der Waals surface area contributed by atoms with Gasteiger partial charge in [-0.1, -0.05) is 19.3 Å². The van der Waals surface area contributed by atoms with E-state index < -0.39 is 61.4 Å². The standard InChI is InChI=1S/C45H74N10O11S3/c1-53(26-39(58)48-16-3-4-20-69(65,66)21-7-17-46-33-11-6-10-32-40(33)44(62)55(43(32)61)35-12-13-37(56)51-42(35)60)36-23-29(14-18-47-36)28-8-5-9-30(22-28)34-27-67-45(50-34)52-38(57)24-49-41(59)31-15-19-54(25-31)68(2,63)64/h28-36,40,45-47,50H,3-27H2,1-2H3,(H,48,58)(H,49,59)(H,52,57)(H,51,56,60). The van der Waals surface area contributed by atoms with Gasteiger partial charge in [0, 0.05) is 43.9 Å². The average Bonchev–Trinajstić information content (AvgIpc) is 4.07. The molecule has 7 fully saturated rings. The van der Waals surface area contributed by atoms with Gasteiger partial charge in [-0.15, -0.1) is 11.8 Å². The lowest BCUT2D eigenvalue weighted by molar-refractivity contribution is -0.151. The fraction of sp³-hybridized carbons (Fsp3) is 0.844. The smallest absolute Gasteiger partial charge is 0.249 e. The van der Waals surface area contributed by atoms with Crippen LogP contribution in [0.3, 0.4) is 0 Å². The number of hydrogen-bond donors (Lipinski definition) is 7. The first-order valence-electron chi connectivity index (χ1n) is 25.1. The maximum Gasteiger partial charge on any atom is 0.249 e. The highest BCUT2D eigenvalue weighted by Gasteiger charge is 2.55. The first kappa shape index (κ1) is 53.5. The van der Waals surface area contributed by atoms with Gasteiger partial charge in [0.25, 0.3) is 0 Å². The zero-order chi connectivity index (χ0) is 49.5. The number of fused-ring (bicyclic) bond motifs is 1. The molecule has 0 aromatic heterocycles. The first-order chi connectivity index (χ1) is 32.9. The number of nitrogens with zero attached hydrogens (tertiary/aromatic N) is 3. The Bertz CT molecular complexity index is 2140. The molecule has 11 atom stereocenters. The highest BCUT2D eigenvalue weighted by molar-refractivity contribution is 8.00. The molecule has 21 nitrogen and oxygen atoms in total. The number of likely N-dealkylation sites (N-methyl/N-ethyl adjacent to an activating group) is 1. The number of rotatable bonds is 21. The summed E-state index contributed by atoms with van der Waals surface area (Å²) >= 11 is 1.66. The van der Waals surface area contributed by atoms with Crippen LogP contribution in [0.2, 0.25) is 0 Å². The molecule has 7 amide bonds. The van der Waals surface area contributed by atoms with Crippen LogP contribution < -0.4 is 37.2 Å². The molecule has 2 saturated carbocycles. The summed E-state index contributed by atoms with van der Waals surface area (Å²) in [6.07, 6.45) is 11.6. The summed E-state index contributed by atoms with van der Waals surface area (Å²) in [6, 6.07) is -1.01. The molecule has 24 heteroatoms. The number of carbonyl (C=O) groups excluding carboxylic acids is 7. The summed E-state index contributed by atoms with van der Waals surface area (Å²) in [5.74, 6) is -1.68. The molecule has 388 valence electrons. The number of likely N-dealkylation sites (tertiary alicyclic amines) is 1. The molecular weight excluding hydrogens is 953 g/mol. The van der Waals surface area contributed by atoms with Gasteiger partial charge in [0.2, 0.25) is 51.4 Å². The van der Waals surface area contributed by atoms with Gasteiger partial charge >= 0.3 is 0 Å². The van der Waals surface area contributed by atoms with Crippen LogP contribution in [0.1, 0.15) is 96.3 Å². The van der Waals surface area contributed by atoms with Crippen molar-refractivity contribution >= 4 is 73.0 Å². The Labute approximate surface area is 411 Å². The fourth-order valence-corrected chi connectivity index (χ4v) is 15.4.